The topological polar surface area (TPSA) is 52.1 Å². The zero-order valence-corrected chi connectivity index (χ0v) is 16.9. The van der Waals surface area contributed by atoms with Crippen molar-refractivity contribution in [2.45, 2.75) is 25.1 Å². The van der Waals surface area contributed by atoms with Crippen molar-refractivity contribution < 1.29 is 14.2 Å². The van der Waals surface area contributed by atoms with Gasteiger partial charge >= 0.3 is 0 Å². The molecule has 0 saturated carbocycles. The van der Waals surface area contributed by atoms with E-state index in [1.54, 1.807) is 13.2 Å². The number of piperidine rings is 1. The first-order valence-corrected chi connectivity index (χ1v) is 10.3. The molecule has 2 aliphatic heterocycles. The van der Waals surface area contributed by atoms with Crippen LogP contribution in [0.4, 0.5) is 10.2 Å². The first kappa shape index (κ1) is 20.1. The van der Waals surface area contributed by atoms with Crippen LogP contribution in [0.15, 0.2) is 42.6 Å². The van der Waals surface area contributed by atoms with Gasteiger partial charge in [0, 0.05) is 69.7 Å². The number of pyridine rings is 1. The Morgan fingerprint density at radius 3 is 2.66 bits per heavy atom. The SMILES string of the molecule is COc1cc(F)ccc1CN1CC[C@H](N2CCN(c3ccccn3)CC2)[C@@H](O)C1. The van der Waals surface area contributed by atoms with E-state index in [-0.39, 0.29) is 11.9 Å². The van der Waals surface area contributed by atoms with Crippen LogP contribution < -0.4 is 9.64 Å². The second kappa shape index (κ2) is 9.07. The Bertz CT molecular complexity index is 799. The van der Waals surface area contributed by atoms with Crippen molar-refractivity contribution in [2.75, 3.05) is 51.3 Å². The lowest BCUT2D eigenvalue weighted by atomic mass is 9.98. The molecule has 2 atom stereocenters. The minimum absolute atomic E-state index is 0.187. The van der Waals surface area contributed by atoms with Gasteiger partial charge in [0.05, 0.1) is 13.2 Å². The van der Waals surface area contributed by atoms with Crippen molar-refractivity contribution in [3.63, 3.8) is 0 Å². The van der Waals surface area contributed by atoms with Gasteiger partial charge < -0.3 is 14.7 Å². The van der Waals surface area contributed by atoms with Gasteiger partial charge in [-0.15, -0.1) is 0 Å². The molecule has 7 heteroatoms. The Morgan fingerprint density at radius 1 is 1.14 bits per heavy atom. The van der Waals surface area contributed by atoms with Gasteiger partial charge in [-0.05, 0) is 24.6 Å². The van der Waals surface area contributed by atoms with Gasteiger partial charge in [0.2, 0.25) is 0 Å². The molecule has 1 aromatic carbocycles. The van der Waals surface area contributed by atoms with E-state index in [1.165, 1.54) is 12.1 Å². The predicted molar refractivity (Wildman–Crippen MR) is 111 cm³/mol. The molecule has 6 nitrogen and oxygen atoms in total. The minimum atomic E-state index is -0.392. The Labute approximate surface area is 171 Å². The normalized spacial score (nSPS) is 23.9. The fourth-order valence-corrected chi connectivity index (χ4v) is 4.47. The molecule has 29 heavy (non-hydrogen) atoms. The Kier molecular flexibility index (Phi) is 6.28. The van der Waals surface area contributed by atoms with Crippen molar-refractivity contribution in [3.8, 4) is 5.75 Å². The van der Waals surface area contributed by atoms with Crippen molar-refractivity contribution in [3.05, 3.63) is 54.0 Å². The number of hydrogen-bond donors (Lipinski definition) is 1. The first-order chi connectivity index (χ1) is 14.1. The highest BCUT2D eigenvalue weighted by Crippen LogP contribution is 2.25. The van der Waals surface area contributed by atoms with Gasteiger partial charge in [-0.25, -0.2) is 9.37 Å². The zero-order chi connectivity index (χ0) is 20.2. The number of likely N-dealkylation sites (tertiary alicyclic amines) is 1. The molecular weight excluding hydrogens is 371 g/mol. The highest BCUT2D eigenvalue weighted by atomic mass is 19.1. The van der Waals surface area contributed by atoms with E-state index in [9.17, 15) is 9.50 Å². The summed E-state index contributed by atoms with van der Waals surface area (Å²) in [7, 11) is 1.56. The van der Waals surface area contributed by atoms with Gasteiger partial charge in [-0.1, -0.05) is 12.1 Å². The van der Waals surface area contributed by atoms with Crippen LogP contribution in [0.2, 0.25) is 0 Å². The van der Waals surface area contributed by atoms with E-state index in [4.69, 9.17) is 4.74 Å². The van der Waals surface area contributed by atoms with Gasteiger partial charge in [-0.3, -0.25) is 9.80 Å². The standard InChI is InChI=1S/C22H29FN4O2/c1-29-21-14-18(23)6-5-17(21)15-25-9-7-19(20(28)16-25)26-10-12-27(13-11-26)22-4-2-3-8-24-22/h2-6,8,14,19-20,28H,7,9-13,15-16H2,1H3/t19-,20-/m0/s1. The average Bonchev–Trinajstić information content (AvgIpc) is 2.76. The third-order valence-corrected chi connectivity index (χ3v) is 6.03. The quantitative estimate of drug-likeness (QED) is 0.829. The van der Waals surface area contributed by atoms with Gasteiger partial charge in [0.15, 0.2) is 0 Å². The third kappa shape index (κ3) is 4.69. The van der Waals surface area contributed by atoms with E-state index in [2.05, 4.69) is 19.7 Å². The van der Waals surface area contributed by atoms with Gasteiger partial charge in [-0.2, -0.15) is 0 Å². The van der Waals surface area contributed by atoms with Crippen LogP contribution in [-0.2, 0) is 6.54 Å². The molecule has 2 saturated heterocycles. The average molecular weight is 400 g/mol. The van der Waals surface area contributed by atoms with Crippen molar-refractivity contribution >= 4 is 5.82 Å². The molecule has 2 aliphatic rings. The Morgan fingerprint density at radius 2 is 1.97 bits per heavy atom. The maximum absolute atomic E-state index is 13.4. The predicted octanol–water partition coefficient (Wildman–Crippen LogP) is 1.99. The lowest BCUT2D eigenvalue weighted by molar-refractivity contribution is -0.0173. The summed E-state index contributed by atoms with van der Waals surface area (Å²) in [4.78, 5) is 11.4. The summed E-state index contributed by atoms with van der Waals surface area (Å²) in [6, 6.07) is 10.8. The highest BCUT2D eigenvalue weighted by molar-refractivity contribution is 5.38. The molecule has 4 rings (SSSR count). The van der Waals surface area contributed by atoms with E-state index < -0.39 is 6.10 Å². The number of rotatable bonds is 5. The smallest absolute Gasteiger partial charge is 0.128 e. The summed E-state index contributed by atoms with van der Waals surface area (Å²) >= 11 is 0. The first-order valence-electron chi connectivity index (χ1n) is 10.3. The van der Waals surface area contributed by atoms with Crippen LogP contribution in [0, 0.1) is 5.82 Å². The number of hydrogen-bond acceptors (Lipinski definition) is 6. The highest BCUT2D eigenvalue weighted by Gasteiger charge is 2.34. The fourth-order valence-electron chi connectivity index (χ4n) is 4.47. The number of methoxy groups -OCH3 is 1. The zero-order valence-electron chi connectivity index (χ0n) is 16.9. The summed E-state index contributed by atoms with van der Waals surface area (Å²) in [5, 5.41) is 10.8. The number of aromatic nitrogens is 1. The van der Waals surface area contributed by atoms with E-state index in [0.29, 0.717) is 18.8 Å². The molecule has 1 aromatic heterocycles. The van der Waals surface area contributed by atoms with E-state index in [0.717, 1.165) is 50.5 Å². The Balaban J connectivity index is 1.31. The van der Waals surface area contributed by atoms with Gasteiger partial charge in [0.1, 0.15) is 17.4 Å². The number of β-amino-alcohol motifs (C(OH)–C–C–N with tert-alkyl or cyclic N) is 1. The Hall–Kier alpha value is -2.22. The molecular formula is C22H29FN4O2. The van der Waals surface area contributed by atoms with Crippen molar-refractivity contribution in [1.29, 1.82) is 0 Å². The van der Waals surface area contributed by atoms with Crippen LogP contribution in [0.5, 0.6) is 5.75 Å². The molecule has 156 valence electrons. The fraction of sp³-hybridized carbons (Fsp3) is 0.500. The van der Waals surface area contributed by atoms with Crippen molar-refractivity contribution in [1.82, 2.24) is 14.8 Å². The van der Waals surface area contributed by atoms with Crippen LogP contribution in [0.25, 0.3) is 0 Å². The number of piperazine rings is 1. The number of halogens is 1. The second-order valence-electron chi connectivity index (χ2n) is 7.83. The van der Waals surface area contributed by atoms with E-state index in [1.807, 2.05) is 24.4 Å². The van der Waals surface area contributed by atoms with Crippen LogP contribution in [0.1, 0.15) is 12.0 Å². The molecule has 0 radical (unpaired) electrons. The third-order valence-electron chi connectivity index (χ3n) is 6.03. The lowest BCUT2D eigenvalue weighted by Gasteiger charge is -2.45. The van der Waals surface area contributed by atoms with Crippen LogP contribution in [-0.4, -0.2) is 78.4 Å². The summed E-state index contributed by atoms with van der Waals surface area (Å²) < 4.78 is 18.7. The molecule has 0 unspecified atom stereocenters. The summed E-state index contributed by atoms with van der Waals surface area (Å²) in [6.07, 6.45) is 2.36. The molecule has 2 fully saturated rings. The van der Waals surface area contributed by atoms with Crippen molar-refractivity contribution in [2.24, 2.45) is 0 Å². The van der Waals surface area contributed by atoms with E-state index >= 15 is 0 Å². The maximum Gasteiger partial charge on any atom is 0.128 e. The summed E-state index contributed by atoms with van der Waals surface area (Å²) in [5.74, 6) is 1.29. The molecule has 0 spiro atoms. The molecule has 0 bridgehead atoms. The maximum atomic E-state index is 13.4. The van der Waals surface area contributed by atoms with Crippen LogP contribution in [0.3, 0.4) is 0 Å². The largest absolute Gasteiger partial charge is 0.496 e. The number of aliphatic hydroxyl groups is 1. The van der Waals surface area contributed by atoms with Gasteiger partial charge in [0.25, 0.3) is 0 Å². The summed E-state index contributed by atoms with van der Waals surface area (Å²) in [6.45, 7) is 5.90. The molecule has 2 aromatic rings. The number of aliphatic hydroxyl groups excluding tert-OH is 1. The second-order valence-corrected chi connectivity index (χ2v) is 7.83. The van der Waals surface area contributed by atoms with Crippen LogP contribution >= 0.6 is 0 Å². The minimum Gasteiger partial charge on any atom is -0.496 e. The molecule has 1 N–H and O–H groups in total. The summed E-state index contributed by atoms with van der Waals surface area (Å²) in [5.41, 5.74) is 0.948. The molecule has 0 amide bonds. The number of ether oxygens (including phenoxy) is 1. The number of anilines is 1. The molecule has 0 aliphatic carbocycles. The lowest BCUT2D eigenvalue weighted by Crippen LogP contribution is -2.58. The monoisotopic (exact) mass is 400 g/mol. The molecule has 3 heterocycles. The number of benzene rings is 1. The number of nitrogens with zero attached hydrogens (tertiary/aromatic N) is 4.